The van der Waals surface area contributed by atoms with Gasteiger partial charge in [-0.2, -0.15) is 0 Å². The Balaban J connectivity index is 1.78. The number of phenols is 1. The summed E-state index contributed by atoms with van der Waals surface area (Å²) in [6.45, 7) is 6.10. The molecule has 8 heteroatoms. The number of hydrogen-bond acceptors (Lipinski definition) is 7. The van der Waals surface area contributed by atoms with E-state index in [4.69, 9.17) is 14.2 Å². The molecule has 1 atom stereocenters. The molecule has 1 aromatic rings. The molecular weight excluding hydrogens is 378 g/mol. The van der Waals surface area contributed by atoms with Crippen molar-refractivity contribution >= 4 is 18.0 Å². The van der Waals surface area contributed by atoms with Crippen LogP contribution in [-0.2, 0) is 27.3 Å². The number of hydrogen-bond donors (Lipinski definition) is 1. The highest BCUT2D eigenvalue weighted by atomic mass is 16.6. The fraction of sp³-hybridized carbons (Fsp3) is 0.476. The number of benzene rings is 1. The number of imide groups is 1. The quantitative estimate of drug-likeness (QED) is 0.575. The van der Waals surface area contributed by atoms with Gasteiger partial charge in [0.25, 0.3) is 0 Å². The summed E-state index contributed by atoms with van der Waals surface area (Å²) in [6.07, 6.45) is 2.07. The largest absolute Gasteiger partial charge is 0.507 e. The molecular formula is C21H25NO7. The molecule has 1 N–H and O–H groups in total. The molecule has 3 rings (SSSR count). The van der Waals surface area contributed by atoms with Gasteiger partial charge in [0.2, 0.25) is 5.91 Å². The Morgan fingerprint density at radius 3 is 2.69 bits per heavy atom. The summed E-state index contributed by atoms with van der Waals surface area (Å²) in [7, 11) is 1.52. The fourth-order valence-corrected chi connectivity index (χ4v) is 3.82. The predicted octanol–water partition coefficient (Wildman–Crippen LogP) is 2.87. The van der Waals surface area contributed by atoms with Crippen LogP contribution in [-0.4, -0.2) is 48.2 Å². The maximum atomic E-state index is 12.4. The number of ether oxygens (including phenoxy) is 3. The van der Waals surface area contributed by atoms with Crippen LogP contribution in [0, 0.1) is 12.8 Å². The number of aromatic hydroxyl groups is 1. The number of carbonyl (C=O) groups excluding carboxylic acids is 3. The van der Waals surface area contributed by atoms with Crippen molar-refractivity contribution in [2.24, 2.45) is 5.92 Å². The average molecular weight is 403 g/mol. The van der Waals surface area contributed by atoms with Crippen LogP contribution < -0.4 is 4.74 Å². The first kappa shape index (κ1) is 20.7. The molecule has 0 spiro atoms. The second-order valence-corrected chi connectivity index (χ2v) is 7.38. The molecule has 2 amide bonds. The highest BCUT2D eigenvalue weighted by Gasteiger charge is 2.33. The van der Waals surface area contributed by atoms with Gasteiger partial charge in [0.05, 0.1) is 13.7 Å². The maximum Gasteiger partial charge on any atom is 0.416 e. The number of nitrogens with zero attached hydrogens (tertiary/aromatic N) is 1. The molecule has 2 aliphatic rings. The summed E-state index contributed by atoms with van der Waals surface area (Å²) in [5, 5.41) is 10.6. The monoisotopic (exact) mass is 403 g/mol. The zero-order valence-corrected chi connectivity index (χ0v) is 17.0. The number of amides is 2. The first-order valence-electron chi connectivity index (χ1n) is 9.48. The number of esters is 1. The first-order chi connectivity index (χ1) is 13.8. The van der Waals surface area contributed by atoms with E-state index in [0.717, 1.165) is 16.0 Å². The van der Waals surface area contributed by atoms with Crippen molar-refractivity contribution in [3.8, 4) is 11.5 Å². The molecule has 1 fully saturated rings. The van der Waals surface area contributed by atoms with Gasteiger partial charge in [-0.1, -0.05) is 18.6 Å². The Bertz CT molecular complexity index is 903. The van der Waals surface area contributed by atoms with Gasteiger partial charge < -0.3 is 19.3 Å². The third-order valence-electron chi connectivity index (χ3n) is 5.38. The van der Waals surface area contributed by atoms with Crippen LogP contribution >= 0.6 is 0 Å². The lowest BCUT2D eigenvalue weighted by atomic mass is 9.94. The average Bonchev–Trinajstić information content (AvgIpc) is 3.28. The van der Waals surface area contributed by atoms with Crippen LogP contribution in [0.2, 0.25) is 0 Å². The van der Waals surface area contributed by atoms with E-state index in [-0.39, 0.29) is 42.9 Å². The molecule has 8 nitrogen and oxygen atoms in total. The molecule has 29 heavy (non-hydrogen) atoms. The van der Waals surface area contributed by atoms with E-state index in [1.165, 1.54) is 7.11 Å². The van der Waals surface area contributed by atoms with E-state index < -0.39 is 12.1 Å². The molecule has 0 aromatic heterocycles. The minimum atomic E-state index is -0.598. The van der Waals surface area contributed by atoms with Crippen LogP contribution in [0.15, 0.2) is 11.6 Å². The summed E-state index contributed by atoms with van der Waals surface area (Å²) < 4.78 is 15.3. The predicted molar refractivity (Wildman–Crippen MR) is 103 cm³/mol. The Labute approximate surface area is 169 Å². The fourth-order valence-electron chi connectivity index (χ4n) is 3.82. The zero-order chi connectivity index (χ0) is 21.3. The Hall–Kier alpha value is -3.03. The molecule has 0 saturated carbocycles. The summed E-state index contributed by atoms with van der Waals surface area (Å²) in [6, 6.07) is 0. The van der Waals surface area contributed by atoms with E-state index in [9.17, 15) is 19.5 Å². The van der Waals surface area contributed by atoms with Crippen molar-refractivity contribution in [3.63, 3.8) is 0 Å². The van der Waals surface area contributed by atoms with Crippen molar-refractivity contribution in [3.05, 3.63) is 33.9 Å². The second kappa shape index (κ2) is 8.14. The second-order valence-electron chi connectivity index (χ2n) is 7.38. The number of fused-ring (bicyclic) bond motifs is 1. The lowest BCUT2D eigenvalue weighted by Crippen LogP contribution is -2.35. The molecule has 156 valence electrons. The van der Waals surface area contributed by atoms with Gasteiger partial charge in [-0.15, -0.1) is 0 Å². The highest BCUT2D eigenvalue weighted by Crippen LogP contribution is 2.42. The van der Waals surface area contributed by atoms with Gasteiger partial charge in [0.15, 0.2) is 0 Å². The molecule has 0 bridgehead atoms. The third kappa shape index (κ3) is 3.79. The van der Waals surface area contributed by atoms with Crippen LogP contribution in [0.25, 0.3) is 0 Å². The summed E-state index contributed by atoms with van der Waals surface area (Å²) in [4.78, 5) is 37.1. The molecule has 1 aromatic carbocycles. The topological polar surface area (TPSA) is 102 Å². The van der Waals surface area contributed by atoms with Crippen molar-refractivity contribution in [1.29, 1.82) is 0 Å². The van der Waals surface area contributed by atoms with Crippen molar-refractivity contribution in [2.75, 3.05) is 20.3 Å². The number of carbonyl (C=O) groups is 3. The minimum Gasteiger partial charge on any atom is -0.507 e. The third-order valence-corrected chi connectivity index (χ3v) is 5.38. The van der Waals surface area contributed by atoms with E-state index in [1.807, 2.05) is 19.9 Å². The summed E-state index contributed by atoms with van der Waals surface area (Å²) in [5.74, 6) is -0.798. The number of methoxy groups -OCH3 is 1. The van der Waals surface area contributed by atoms with Gasteiger partial charge in [-0.25, -0.2) is 14.5 Å². The molecule has 0 aliphatic carbocycles. The van der Waals surface area contributed by atoms with E-state index in [2.05, 4.69) is 0 Å². The smallest absolute Gasteiger partial charge is 0.416 e. The van der Waals surface area contributed by atoms with Gasteiger partial charge in [-0.3, -0.25) is 4.79 Å². The number of phenolic OH excluding ortho intramolecular Hbond substituents is 1. The van der Waals surface area contributed by atoms with E-state index >= 15 is 0 Å². The number of allylic oxidation sites excluding steroid dienone is 2. The molecule has 2 heterocycles. The van der Waals surface area contributed by atoms with Crippen LogP contribution in [0.1, 0.15) is 47.3 Å². The van der Waals surface area contributed by atoms with E-state index in [0.29, 0.717) is 29.7 Å². The van der Waals surface area contributed by atoms with Gasteiger partial charge in [0.1, 0.15) is 30.3 Å². The molecule has 1 saturated heterocycles. The molecule has 1 unspecified atom stereocenters. The maximum absolute atomic E-state index is 12.4. The lowest BCUT2D eigenvalue weighted by Gasteiger charge is -2.18. The van der Waals surface area contributed by atoms with Gasteiger partial charge in [0, 0.05) is 17.0 Å². The Kier molecular flexibility index (Phi) is 5.81. The summed E-state index contributed by atoms with van der Waals surface area (Å²) in [5.41, 5.74) is 3.03. The molecule has 0 radical (unpaired) electrons. The van der Waals surface area contributed by atoms with Crippen LogP contribution in [0.3, 0.4) is 0 Å². The standard InChI is InChI=1S/C21H25NO7/c1-11(9-12(2)19(24)22-7-8-28-21(22)26)5-6-14-17(23)16-15(10-29-20(16)25)13(3)18(14)27-4/h5,12,23H,6-10H2,1-4H3/b11-5+. The van der Waals surface area contributed by atoms with Crippen LogP contribution in [0.5, 0.6) is 11.5 Å². The number of cyclic esters (lactones) is 2. The Morgan fingerprint density at radius 2 is 2.07 bits per heavy atom. The SMILES string of the molecule is COc1c(C)c2c(c(O)c1C/C=C(\C)CC(C)C(=O)N1CCOC1=O)C(=O)OC2. The Morgan fingerprint density at radius 1 is 1.34 bits per heavy atom. The lowest BCUT2D eigenvalue weighted by molar-refractivity contribution is -0.131. The van der Waals surface area contributed by atoms with Crippen molar-refractivity contribution < 1.29 is 33.7 Å². The zero-order valence-electron chi connectivity index (χ0n) is 17.0. The van der Waals surface area contributed by atoms with Crippen molar-refractivity contribution in [2.45, 2.75) is 40.2 Å². The van der Waals surface area contributed by atoms with E-state index in [1.54, 1.807) is 6.92 Å². The van der Waals surface area contributed by atoms with Gasteiger partial charge >= 0.3 is 12.1 Å². The number of rotatable bonds is 6. The first-order valence-corrected chi connectivity index (χ1v) is 9.48. The van der Waals surface area contributed by atoms with Crippen molar-refractivity contribution in [1.82, 2.24) is 4.90 Å². The van der Waals surface area contributed by atoms with Gasteiger partial charge in [-0.05, 0) is 32.3 Å². The summed E-state index contributed by atoms with van der Waals surface area (Å²) >= 11 is 0. The minimum absolute atomic E-state index is 0.123. The normalized spacial score (nSPS) is 17.1. The highest BCUT2D eigenvalue weighted by molar-refractivity contribution is 5.98. The molecule has 2 aliphatic heterocycles. The van der Waals surface area contributed by atoms with Crippen LogP contribution in [0.4, 0.5) is 4.79 Å².